The minimum absolute atomic E-state index is 0.207. The number of hydrogen-bond donors (Lipinski definition) is 2. The highest BCUT2D eigenvalue weighted by molar-refractivity contribution is 5.93. The Kier molecular flexibility index (Phi) is 8.63. The van der Waals surface area contributed by atoms with Crippen LogP contribution in [0.3, 0.4) is 0 Å². The van der Waals surface area contributed by atoms with E-state index in [1.54, 1.807) is 12.1 Å². The van der Waals surface area contributed by atoms with Crippen LogP contribution in [0, 0.1) is 19.7 Å². The average molecular weight is 577 g/mol. The molecule has 2 aliphatic rings. The van der Waals surface area contributed by atoms with Crippen molar-refractivity contribution >= 4 is 23.7 Å². The van der Waals surface area contributed by atoms with Gasteiger partial charge in [-0.2, -0.15) is 0 Å². The van der Waals surface area contributed by atoms with Crippen molar-refractivity contribution in [2.75, 3.05) is 24.6 Å². The van der Waals surface area contributed by atoms with Crippen LogP contribution in [-0.2, 0) is 27.4 Å². The fourth-order valence-electron chi connectivity index (χ4n) is 5.62. The lowest BCUT2D eigenvalue weighted by atomic mass is 10.0. The van der Waals surface area contributed by atoms with Crippen molar-refractivity contribution in [2.24, 2.45) is 0 Å². The predicted octanol–water partition coefficient (Wildman–Crippen LogP) is 5.17. The number of carbonyl (C=O) groups excluding carboxylic acids is 3. The van der Waals surface area contributed by atoms with E-state index in [0.29, 0.717) is 48.1 Å². The van der Waals surface area contributed by atoms with Crippen LogP contribution in [0.2, 0.25) is 0 Å². The number of amides is 2. The number of hydrogen-bond acceptors (Lipinski definition) is 6. The van der Waals surface area contributed by atoms with Crippen LogP contribution in [0.5, 0.6) is 0 Å². The number of rotatable bonds is 11. The van der Waals surface area contributed by atoms with Gasteiger partial charge in [-0.25, -0.2) is 14.0 Å². The molecule has 10 heteroatoms. The molecular weight excluding hydrogens is 539 g/mol. The molecule has 1 saturated heterocycles. The molecule has 2 N–H and O–H groups in total. The van der Waals surface area contributed by atoms with E-state index in [-0.39, 0.29) is 25.0 Å². The molecule has 2 amide bonds. The SMILES string of the molecule is CCOC(=O)c1c(CNCc2ccc(-c3ccc(N4C[C@H](CNC(C)=O)OC4=O)cc3F)cc2)c(C)n(C2CC2)c1C. The fourth-order valence-corrected chi connectivity index (χ4v) is 5.62. The quantitative estimate of drug-likeness (QED) is 0.305. The summed E-state index contributed by atoms with van der Waals surface area (Å²) in [6.45, 7) is 9.14. The second-order valence-electron chi connectivity index (χ2n) is 10.9. The predicted molar refractivity (Wildman–Crippen MR) is 157 cm³/mol. The normalized spacial score (nSPS) is 16.5. The van der Waals surface area contributed by atoms with Gasteiger partial charge >= 0.3 is 12.1 Å². The molecule has 2 fully saturated rings. The second kappa shape index (κ2) is 12.4. The molecule has 0 bridgehead atoms. The zero-order valence-corrected chi connectivity index (χ0v) is 24.5. The van der Waals surface area contributed by atoms with Gasteiger partial charge in [-0.05, 0) is 62.9 Å². The van der Waals surface area contributed by atoms with Gasteiger partial charge in [0.1, 0.15) is 11.9 Å². The van der Waals surface area contributed by atoms with Gasteiger partial charge in [-0.15, -0.1) is 0 Å². The maximum Gasteiger partial charge on any atom is 0.414 e. The largest absolute Gasteiger partial charge is 0.462 e. The number of nitrogens with one attached hydrogen (secondary N) is 2. The first-order chi connectivity index (χ1) is 20.2. The van der Waals surface area contributed by atoms with E-state index in [0.717, 1.165) is 35.4 Å². The molecule has 222 valence electrons. The van der Waals surface area contributed by atoms with Crippen LogP contribution in [0.15, 0.2) is 42.5 Å². The number of esters is 1. The summed E-state index contributed by atoms with van der Waals surface area (Å²) in [5.41, 5.74) is 6.26. The summed E-state index contributed by atoms with van der Waals surface area (Å²) in [4.78, 5) is 37.6. The smallest absolute Gasteiger partial charge is 0.414 e. The van der Waals surface area contributed by atoms with Crippen LogP contribution in [0.1, 0.15) is 65.6 Å². The van der Waals surface area contributed by atoms with E-state index in [4.69, 9.17) is 9.47 Å². The maximum atomic E-state index is 15.2. The third-order valence-electron chi connectivity index (χ3n) is 7.83. The molecule has 5 rings (SSSR count). The van der Waals surface area contributed by atoms with Crippen molar-refractivity contribution in [1.29, 1.82) is 0 Å². The Balaban J connectivity index is 1.23. The van der Waals surface area contributed by atoms with E-state index in [2.05, 4.69) is 22.1 Å². The summed E-state index contributed by atoms with van der Waals surface area (Å²) in [5.74, 6) is -0.939. The van der Waals surface area contributed by atoms with E-state index in [1.807, 2.05) is 38.1 Å². The summed E-state index contributed by atoms with van der Waals surface area (Å²) in [6.07, 6.45) is 1.20. The lowest BCUT2D eigenvalue weighted by molar-refractivity contribution is -0.119. The number of ether oxygens (including phenoxy) is 2. The van der Waals surface area contributed by atoms with Gasteiger partial charge in [0.05, 0.1) is 30.9 Å². The Morgan fingerprint density at radius 1 is 1.07 bits per heavy atom. The molecule has 9 nitrogen and oxygen atoms in total. The van der Waals surface area contributed by atoms with Gasteiger partial charge in [0.15, 0.2) is 0 Å². The number of aromatic nitrogens is 1. The van der Waals surface area contributed by atoms with Gasteiger partial charge in [0.25, 0.3) is 0 Å². The molecule has 0 spiro atoms. The molecule has 1 aromatic heterocycles. The standard InChI is InChI=1S/C32H37FN4O5/c1-5-41-31(39)30-20(3)37(24-10-11-24)19(2)28(30)17-34-15-22-6-8-23(9-7-22)27-13-12-25(14-29(27)33)36-18-26(42-32(36)40)16-35-21(4)38/h6-9,12-14,24,26,34H,5,10-11,15-18H2,1-4H3,(H,35,38)/t26-/m0/s1. The van der Waals surface area contributed by atoms with Crippen molar-refractivity contribution in [3.63, 3.8) is 0 Å². The molecule has 42 heavy (non-hydrogen) atoms. The number of nitrogens with zero attached hydrogens (tertiary/aromatic N) is 2. The van der Waals surface area contributed by atoms with Crippen molar-refractivity contribution in [1.82, 2.24) is 15.2 Å². The minimum atomic E-state index is -0.571. The molecule has 2 aromatic carbocycles. The van der Waals surface area contributed by atoms with Gasteiger partial charge in [0.2, 0.25) is 5.91 Å². The van der Waals surface area contributed by atoms with Gasteiger partial charge in [-0.1, -0.05) is 24.3 Å². The second-order valence-corrected chi connectivity index (χ2v) is 10.9. The Labute approximate surface area is 245 Å². The van der Waals surface area contributed by atoms with Gasteiger partial charge in [-0.3, -0.25) is 9.69 Å². The van der Waals surface area contributed by atoms with E-state index in [1.165, 1.54) is 17.9 Å². The third-order valence-corrected chi connectivity index (χ3v) is 7.83. The zero-order valence-electron chi connectivity index (χ0n) is 24.5. The van der Waals surface area contributed by atoms with Gasteiger partial charge in [0, 0.05) is 48.6 Å². The highest BCUT2D eigenvalue weighted by Gasteiger charge is 2.33. The van der Waals surface area contributed by atoms with Crippen molar-refractivity contribution in [2.45, 2.75) is 65.8 Å². The first-order valence-electron chi connectivity index (χ1n) is 14.4. The number of carbonyl (C=O) groups is 3. The Morgan fingerprint density at radius 3 is 2.45 bits per heavy atom. The highest BCUT2D eigenvalue weighted by Crippen LogP contribution is 2.40. The molecule has 1 aliphatic carbocycles. The summed E-state index contributed by atoms with van der Waals surface area (Å²) in [5, 5.41) is 6.09. The minimum Gasteiger partial charge on any atom is -0.462 e. The summed E-state index contributed by atoms with van der Waals surface area (Å²) < 4.78 is 28.1. The van der Waals surface area contributed by atoms with Crippen LogP contribution >= 0.6 is 0 Å². The third kappa shape index (κ3) is 6.18. The van der Waals surface area contributed by atoms with Crippen LogP contribution < -0.4 is 15.5 Å². The Bertz CT molecular complexity index is 1500. The van der Waals surface area contributed by atoms with E-state index in [9.17, 15) is 14.4 Å². The van der Waals surface area contributed by atoms with Crippen LogP contribution in [0.4, 0.5) is 14.9 Å². The fraction of sp³-hybridized carbons (Fsp3) is 0.406. The molecule has 0 radical (unpaired) electrons. The number of benzene rings is 2. The molecule has 3 aromatic rings. The lowest BCUT2D eigenvalue weighted by Gasteiger charge is -2.15. The molecular formula is C32H37FN4O5. The summed E-state index contributed by atoms with van der Waals surface area (Å²) in [7, 11) is 0. The van der Waals surface area contributed by atoms with Crippen molar-refractivity contribution < 1.29 is 28.2 Å². The lowest BCUT2D eigenvalue weighted by Crippen LogP contribution is -2.33. The monoisotopic (exact) mass is 576 g/mol. The summed E-state index contributed by atoms with van der Waals surface area (Å²) >= 11 is 0. The summed E-state index contributed by atoms with van der Waals surface area (Å²) in [6, 6.07) is 12.8. The highest BCUT2D eigenvalue weighted by atomic mass is 19.1. The molecule has 1 aliphatic heterocycles. The van der Waals surface area contributed by atoms with Crippen molar-refractivity contribution in [3.8, 4) is 11.1 Å². The maximum absolute atomic E-state index is 15.2. The van der Waals surface area contributed by atoms with E-state index >= 15 is 4.39 Å². The first kappa shape index (κ1) is 29.3. The van der Waals surface area contributed by atoms with Crippen LogP contribution in [0.25, 0.3) is 11.1 Å². The molecule has 2 heterocycles. The molecule has 0 unspecified atom stereocenters. The zero-order chi connectivity index (χ0) is 30.0. The van der Waals surface area contributed by atoms with Crippen molar-refractivity contribution in [3.05, 3.63) is 76.4 Å². The van der Waals surface area contributed by atoms with Crippen LogP contribution in [-0.4, -0.2) is 48.3 Å². The molecule has 1 atom stereocenters. The molecule has 1 saturated carbocycles. The number of anilines is 1. The van der Waals surface area contributed by atoms with Gasteiger partial charge < -0.3 is 24.7 Å². The Hall–Kier alpha value is -4.18. The Morgan fingerprint density at radius 2 is 1.81 bits per heavy atom. The average Bonchev–Trinajstić information content (AvgIpc) is 3.66. The van der Waals surface area contributed by atoms with E-state index < -0.39 is 18.0 Å². The first-order valence-corrected chi connectivity index (χ1v) is 14.4. The topological polar surface area (TPSA) is 102 Å². The number of cyclic esters (lactones) is 1. The number of halogens is 1.